The Morgan fingerprint density at radius 1 is 1.25 bits per heavy atom. The van der Waals surface area contributed by atoms with E-state index < -0.39 is 0 Å². The standard InChI is InChI=1S/C19H27N5/c1-15-5-4-11-24(14-15)19-13-18(21-16(2)22-19)23(3)12-8-17-6-9-20-10-7-17/h6-7,9-10,13,15H,4-5,8,11-12,14H2,1-3H3. The van der Waals surface area contributed by atoms with Gasteiger partial charge in [-0.3, -0.25) is 4.98 Å². The van der Waals surface area contributed by atoms with Crippen molar-refractivity contribution in [3.63, 3.8) is 0 Å². The third-order valence-corrected chi connectivity index (χ3v) is 4.67. The van der Waals surface area contributed by atoms with E-state index in [0.717, 1.165) is 49.4 Å². The van der Waals surface area contributed by atoms with Crippen LogP contribution in [0.2, 0.25) is 0 Å². The topological polar surface area (TPSA) is 45.2 Å². The predicted octanol–water partition coefficient (Wildman–Crippen LogP) is 3.10. The largest absolute Gasteiger partial charge is 0.359 e. The predicted molar refractivity (Wildman–Crippen MR) is 98.6 cm³/mol. The van der Waals surface area contributed by atoms with Gasteiger partial charge in [-0.1, -0.05) is 6.92 Å². The minimum Gasteiger partial charge on any atom is -0.359 e. The van der Waals surface area contributed by atoms with Crippen LogP contribution in [0.3, 0.4) is 0 Å². The maximum absolute atomic E-state index is 4.67. The zero-order valence-corrected chi connectivity index (χ0v) is 14.9. The molecule has 1 aliphatic rings. The van der Waals surface area contributed by atoms with Gasteiger partial charge in [0.1, 0.15) is 17.5 Å². The summed E-state index contributed by atoms with van der Waals surface area (Å²) in [6.45, 7) is 7.42. The first kappa shape index (κ1) is 16.7. The molecule has 2 aromatic rings. The van der Waals surface area contributed by atoms with Gasteiger partial charge < -0.3 is 9.80 Å². The summed E-state index contributed by atoms with van der Waals surface area (Å²) in [4.78, 5) is 18.0. The highest BCUT2D eigenvalue weighted by molar-refractivity contribution is 5.51. The van der Waals surface area contributed by atoms with E-state index in [-0.39, 0.29) is 0 Å². The van der Waals surface area contributed by atoms with Gasteiger partial charge in [0, 0.05) is 45.1 Å². The van der Waals surface area contributed by atoms with Crippen molar-refractivity contribution in [3.05, 3.63) is 42.0 Å². The van der Waals surface area contributed by atoms with Crippen LogP contribution in [-0.4, -0.2) is 41.6 Å². The number of hydrogen-bond donors (Lipinski definition) is 0. The second kappa shape index (κ2) is 7.60. The lowest BCUT2D eigenvalue weighted by atomic mass is 10.0. The molecule has 5 heteroatoms. The molecule has 0 amide bonds. The van der Waals surface area contributed by atoms with Crippen LogP contribution in [0.4, 0.5) is 11.6 Å². The van der Waals surface area contributed by atoms with Crippen LogP contribution >= 0.6 is 0 Å². The number of anilines is 2. The Balaban J connectivity index is 1.70. The van der Waals surface area contributed by atoms with Crippen molar-refractivity contribution in [2.75, 3.05) is 36.5 Å². The maximum Gasteiger partial charge on any atom is 0.134 e. The molecule has 1 fully saturated rings. The zero-order valence-electron chi connectivity index (χ0n) is 14.9. The molecule has 0 spiro atoms. The molecule has 1 atom stereocenters. The molecule has 0 saturated carbocycles. The van der Waals surface area contributed by atoms with Crippen LogP contribution in [0.15, 0.2) is 30.6 Å². The Bertz CT molecular complexity index is 658. The van der Waals surface area contributed by atoms with Crippen molar-refractivity contribution in [1.29, 1.82) is 0 Å². The van der Waals surface area contributed by atoms with Crippen LogP contribution in [0, 0.1) is 12.8 Å². The normalized spacial score (nSPS) is 17.8. The quantitative estimate of drug-likeness (QED) is 0.845. The van der Waals surface area contributed by atoms with Gasteiger partial charge in [0.25, 0.3) is 0 Å². The molecule has 24 heavy (non-hydrogen) atoms. The molecule has 1 aliphatic heterocycles. The van der Waals surface area contributed by atoms with Crippen molar-refractivity contribution < 1.29 is 0 Å². The van der Waals surface area contributed by atoms with Crippen molar-refractivity contribution in [2.45, 2.75) is 33.1 Å². The molecule has 0 aliphatic carbocycles. The van der Waals surface area contributed by atoms with Gasteiger partial charge in [0.05, 0.1) is 0 Å². The van der Waals surface area contributed by atoms with Crippen LogP contribution < -0.4 is 9.80 Å². The third kappa shape index (κ3) is 4.22. The highest BCUT2D eigenvalue weighted by atomic mass is 15.2. The number of aryl methyl sites for hydroxylation is 1. The molecule has 1 unspecified atom stereocenters. The Labute approximate surface area is 144 Å². The van der Waals surface area contributed by atoms with E-state index in [4.69, 9.17) is 0 Å². The number of rotatable bonds is 5. The van der Waals surface area contributed by atoms with E-state index in [1.807, 2.05) is 19.3 Å². The molecule has 5 nitrogen and oxygen atoms in total. The number of piperidine rings is 1. The fraction of sp³-hybridized carbons (Fsp3) is 0.526. The van der Waals surface area contributed by atoms with Crippen molar-refractivity contribution in [3.8, 4) is 0 Å². The number of aromatic nitrogens is 3. The first-order valence-electron chi connectivity index (χ1n) is 8.82. The SMILES string of the molecule is Cc1nc(N(C)CCc2ccncc2)cc(N2CCCC(C)C2)n1. The van der Waals surface area contributed by atoms with Gasteiger partial charge in [0.2, 0.25) is 0 Å². The van der Waals surface area contributed by atoms with Crippen LogP contribution in [0.5, 0.6) is 0 Å². The zero-order chi connectivity index (χ0) is 16.9. The summed E-state index contributed by atoms with van der Waals surface area (Å²) in [6.07, 6.45) is 7.24. The minimum absolute atomic E-state index is 0.738. The van der Waals surface area contributed by atoms with Crippen molar-refractivity contribution >= 4 is 11.6 Å². The van der Waals surface area contributed by atoms with Crippen LogP contribution in [0.25, 0.3) is 0 Å². The molecular formula is C19H27N5. The molecule has 128 valence electrons. The molecule has 2 aromatic heterocycles. The highest BCUT2D eigenvalue weighted by Crippen LogP contribution is 2.24. The average Bonchev–Trinajstić information content (AvgIpc) is 2.60. The van der Waals surface area contributed by atoms with E-state index in [1.54, 1.807) is 0 Å². The second-order valence-corrected chi connectivity index (χ2v) is 6.85. The van der Waals surface area contributed by atoms with Gasteiger partial charge in [-0.15, -0.1) is 0 Å². The van der Waals surface area contributed by atoms with Gasteiger partial charge >= 0.3 is 0 Å². The molecule has 3 heterocycles. The molecular weight excluding hydrogens is 298 g/mol. The maximum atomic E-state index is 4.67. The van der Waals surface area contributed by atoms with E-state index in [9.17, 15) is 0 Å². The van der Waals surface area contributed by atoms with Gasteiger partial charge in [-0.2, -0.15) is 0 Å². The fourth-order valence-corrected chi connectivity index (χ4v) is 3.25. The molecule has 1 saturated heterocycles. The lowest BCUT2D eigenvalue weighted by Crippen LogP contribution is -2.35. The van der Waals surface area contributed by atoms with Crippen molar-refractivity contribution in [1.82, 2.24) is 15.0 Å². The van der Waals surface area contributed by atoms with Gasteiger partial charge in [-0.25, -0.2) is 9.97 Å². The number of nitrogens with zero attached hydrogens (tertiary/aromatic N) is 5. The van der Waals surface area contributed by atoms with Gasteiger partial charge in [-0.05, 0) is 49.8 Å². The number of pyridine rings is 1. The van der Waals surface area contributed by atoms with Crippen LogP contribution in [0.1, 0.15) is 31.2 Å². The summed E-state index contributed by atoms with van der Waals surface area (Å²) >= 11 is 0. The van der Waals surface area contributed by atoms with E-state index in [2.05, 4.69) is 56.9 Å². The second-order valence-electron chi connectivity index (χ2n) is 6.85. The van der Waals surface area contributed by atoms with E-state index in [0.29, 0.717) is 0 Å². The lowest BCUT2D eigenvalue weighted by Gasteiger charge is -2.32. The Morgan fingerprint density at radius 2 is 2.04 bits per heavy atom. The summed E-state index contributed by atoms with van der Waals surface area (Å²) in [6, 6.07) is 6.27. The lowest BCUT2D eigenvalue weighted by molar-refractivity contribution is 0.444. The summed E-state index contributed by atoms with van der Waals surface area (Å²) in [5, 5.41) is 0. The molecule has 0 bridgehead atoms. The first-order chi connectivity index (χ1) is 11.6. The van der Waals surface area contributed by atoms with Gasteiger partial charge in [0.15, 0.2) is 0 Å². The van der Waals surface area contributed by atoms with Crippen molar-refractivity contribution in [2.24, 2.45) is 5.92 Å². The van der Waals surface area contributed by atoms with E-state index in [1.165, 1.54) is 18.4 Å². The summed E-state index contributed by atoms with van der Waals surface area (Å²) in [7, 11) is 2.10. The Morgan fingerprint density at radius 3 is 2.79 bits per heavy atom. The summed E-state index contributed by atoms with van der Waals surface area (Å²) in [5.41, 5.74) is 1.30. The highest BCUT2D eigenvalue weighted by Gasteiger charge is 2.19. The minimum atomic E-state index is 0.738. The summed E-state index contributed by atoms with van der Waals surface area (Å²) < 4.78 is 0. The molecule has 3 rings (SSSR count). The summed E-state index contributed by atoms with van der Waals surface area (Å²) in [5.74, 6) is 3.66. The third-order valence-electron chi connectivity index (χ3n) is 4.67. The number of likely N-dealkylation sites (N-methyl/N-ethyl adjacent to an activating group) is 1. The first-order valence-corrected chi connectivity index (χ1v) is 8.82. The molecule has 0 radical (unpaired) electrons. The monoisotopic (exact) mass is 325 g/mol. The fourth-order valence-electron chi connectivity index (χ4n) is 3.25. The smallest absolute Gasteiger partial charge is 0.134 e. The Kier molecular flexibility index (Phi) is 5.28. The van der Waals surface area contributed by atoms with Crippen LogP contribution in [-0.2, 0) is 6.42 Å². The molecule has 0 aromatic carbocycles. The number of hydrogen-bond acceptors (Lipinski definition) is 5. The average molecular weight is 325 g/mol. The Hall–Kier alpha value is -2.17. The molecule has 0 N–H and O–H groups in total. The van der Waals surface area contributed by atoms with E-state index >= 15 is 0 Å².